The number of hydrogen-bond acceptors (Lipinski definition) is 11. The van der Waals surface area contributed by atoms with Crippen molar-refractivity contribution in [1.82, 2.24) is 0 Å². The fourth-order valence-corrected chi connectivity index (χ4v) is 8.76. The number of phosphoric ester groups is 1. The number of esters is 1. The fraction of sp³-hybridized carbons (Fsp3) is 0.860. The molecule has 0 spiro atoms. The number of allylic oxidation sites excluding steroid dienone is 6. The standard InChI is InChI=1S/C50H93O12P/c1-3-5-7-9-11-13-15-17-19-21-23-25-27-29-31-33-35-37-39-44(51)61-43(42-60-63(57,58)62-50-48(55)46(53)45(52)47(54)49(50)56)41-59-40-38-36-34-32-30-28-26-24-22-20-18-16-14-12-10-8-6-4-2/h6,8,12,14,18,20,43,45-50,52-56H,3-5,7,9-11,13,15-17,19,21-42H2,1-2H3,(H,57,58)/b8-6-,14-12-,20-18-. The van der Waals surface area contributed by atoms with Crippen molar-refractivity contribution in [3.05, 3.63) is 36.5 Å². The summed E-state index contributed by atoms with van der Waals surface area (Å²) >= 11 is 0. The zero-order valence-electron chi connectivity index (χ0n) is 39.6. The van der Waals surface area contributed by atoms with Crippen molar-refractivity contribution in [2.24, 2.45) is 0 Å². The summed E-state index contributed by atoms with van der Waals surface area (Å²) in [4.78, 5) is 23.2. The van der Waals surface area contributed by atoms with E-state index in [2.05, 4.69) is 50.3 Å². The predicted molar refractivity (Wildman–Crippen MR) is 253 cm³/mol. The molecule has 0 saturated heterocycles. The molecule has 1 rings (SSSR count). The van der Waals surface area contributed by atoms with Crippen LogP contribution in [0, 0.1) is 0 Å². The molecule has 370 valence electrons. The average Bonchev–Trinajstić information content (AvgIpc) is 3.27. The molecule has 0 heterocycles. The Morgan fingerprint density at radius 1 is 0.524 bits per heavy atom. The molecule has 1 aliphatic carbocycles. The van der Waals surface area contributed by atoms with Crippen LogP contribution in [0.2, 0.25) is 0 Å². The molecule has 0 radical (unpaired) electrons. The summed E-state index contributed by atoms with van der Waals surface area (Å²) in [7, 11) is -5.02. The van der Waals surface area contributed by atoms with Crippen LogP contribution in [-0.4, -0.2) is 98.9 Å². The maximum atomic E-state index is 12.8. The van der Waals surface area contributed by atoms with E-state index in [9.17, 15) is 39.8 Å². The van der Waals surface area contributed by atoms with E-state index >= 15 is 0 Å². The molecule has 6 N–H and O–H groups in total. The van der Waals surface area contributed by atoms with Gasteiger partial charge in [-0.25, -0.2) is 4.57 Å². The minimum Gasteiger partial charge on any atom is -0.457 e. The number of aliphatic hydroxyl groups is 5. The monoisotopic (exact) mass is 917 g/mol. The van der Waals surface area contributed by atoms with Crippen LogP contribution in [0.5, 0.6) is 0 Å². The van der Waals surface area contributed by atoms with E-state index in [4.69, 9.17) is 18.5 Å². The molecule has 13 heteroatoms. The lowest BCUT2D eigenvalue weighted by Crippen LogP contribution is -2.64. The van der Waals surface area contributed by atoms with Crippen molar-refractivity contribution >= 4 is 13.8 Å². The Kier molecular flexibility index (Phi) is 38.6. The lowest BCUT2D eigenvalue weighted by Gasteiger charge is -2.41. The predicted octanol–water partition coefficient (Wildman–Crippen LogP) is 11.0. The van der Waals surface area contributed by atoms with Crippen LogP contribution >= 0.6 is 7.82 Å². The van der Waals surface area contributed by atoms with Crippen LogP contribution in [0.3, 0.4) is 0 Å². The van der Waals surface area contributed by atoms with Gasteiger partial charge < -0.3 is 39.9 Å². The molecule has 0 aromatic carbocycles. The highest BCUT2D eigenvalue weighted by Gasteiger charge is 2.51. The molecular formula is C50H93O12P. The summed E-state index contributed by atoms with van der Waals surface area (Å²) in [5.74, 6) is -0.477. The number of unbranched alkanes of at least 4 members (excludes halogenated alkanes) is 25. The van der Waals surface area contributed by atoms with Crippen molar-refractivity contribution in [2.75, 3.05) is 19.8 Å². The Morgan fingerprint density at radius 3 is 1.43 bits per heavy atom. The molecule has 0 bridgehead atoms. The van der Waals surface area contributed by atoms with Crippen molar-refractivity contribution in [3.8, 4) is 0 Å². The summed E-state index contributed by atoms with van der Waals surface area (Å²) in [6, 6.07) is 0. The normalized spacial score (nSPS) is 22.1. The lowest BCUT2D eigenvalue weighted by molar-refractivity contribution is -0.220. The maximum Gasteiger partial charge on any atom is 0.472 e. The Bertz CT molecular complexity index is 1180. The third kappa shape index (κ3) is 32.8. The number of rotatable bonds is 43. The number of carbonyl (C=O) groups excluding carboxylic acids is 1. The quantitative estimate of drug-likeness (QED) is 0.0147. The molecule has 1 saturated carbocycles. The van der Waals surface area contributed by atoms with Gasteiger partial charge in [0.1, 0.15) is 42.7 Å². The minimum absolute atomic E-state index is 0.0792. The van der Waals surface area contributed by atoms with Gasteiger partial charge in [0.2, 0.25) is 0 Å². The Labute approximate surface area is 382 Å². The number of aliphatic hydroxyl groups excluding tert-OH is 5. The zero-order chi connectivity index (χ0) is 46.2. The van der Waals surface area contributed by atoms with Gasteiger partial charge in [0, 0.05) is 13.0 Å². The van der Waals surface area contributed by atoms with Gasteiger partial charge in [0.15, 0.2) is 0 Å². The smallest absolute Gasteiger partial charge is 0.457 e. The Hall–Kier alpha value is -1.44. The van der Waals surface area contributed by atoms with Crippen LogP contribution in [0.25, 0.3) is 0 Å². The van der Waals surface area contributed by atoms with Gasteiger partial charge in [-0.1, -0.05) is 198 Å². The van der Waals surface area contributed by atoms with Gasteiger partial charge in [-0.3, -0.25) is 13.8 Å². The second-order valence-corrected chi connectivity index (χ2v) is 19.1. The van der Waals surface area contributed by atoms with Gasteiger partial charge >= 0.3 is 13.8 Å². The molecule has 0 amide bonds. The van der Waals surface area contributed by atoms with Gasteiger partial charge in [-0.15, -0.1) is 0 Å². The van der Waals surface area contributed by atoms with Crippen LogP contribution in [0.15, 0.2) is 36.5 Å². The zero-order valence-corrected chi connectivity index (χ0v) is 40.5. The first-order valence-corrected chi connectivity index (χ1v) is 26.8. The van der Waals surface area contributed by atoms with E-state index in [1.165, 1.54) is 116 Å². The van der Waals surface area contributed by atoms with Crippen LogP contribution in [0.4, 0.5) is 0 Å². The van der Waals surface area contributed by atoms with Crippen molar-refractivity contribution in [3.63, 3.8) is 0 Å². The van der Waals surface area contributed by atoms with Crippen LogP contribution < -0.4 is 0 Å². The number of ether oxygens (including phenoxy) is 2. The molecule has 63 heavy (non-hydrogen) atoms. The van der Waals surface area contributed by atoms with Gasteiger partial charge in [0.25, 0.3) is 0 Å². The summed E-state index contributed by atoms with van der Waals surface area (Å²) in [5.41, 5.74) is 0. The fourth-order valence-electron chi connectivity index (χ4n) is 7.78. The molecule has 0 aromatic rings. The van der Waals surface area contributed by atoms with Crippen molar-refractivity contribution in [2.45, 2.75) is 256 Å². The molecule has 0 aliphatic heterocycles. The maximum absolute atomic E-state index is 12.8. The third-order valence-corrected chi connectivity index (χ3v) is 12.8. The minimum atomic E-state index is -5.02. The van der Waals surface area contributed by atoms with E-state index in [1.807, 2.05) is 0 Å². The van der Waals surface area contributed by atoms with Crippen molar-refractivity contribution in [1.29, 1.82) is 0 Å². The Morgan fingerprint density at radius 2 is 0.937 bits per heavy atom. The highest BCUT2D eigenvalue weighted by atomic mass is 31.2. The summed E-state index contributed by atoms with van der Waals surface area (Å²) in [6.45, 7) is 4.16. The van der Waals surface area contributed by atoms with E-state index < -0.39 is 63.1 Å². The first-order chi connectivity index (χ1) is 30.5. The SMILES string of the molecule is CC/C=C\C/C=C\C/C=C\CCCCCCCCCCOCC(COP(=O)(O)OC1C(O)C(O)C(O)C(O)C1O)OC(=O)CCCCCCCCCCCCCCCCCCCC. The number of hydrogen-bond donors (Lipinski definition) is 6. The molecule has 0 aromatic heterocycles. The number of carbonyl (C=O) groups is 1. The highest BCUT2D eigenvalue weighted by Crippen LogP contribution is 2.47. The van der Waals surface area contributed by atoms with Crippen LogP contribution in [-0.2, 0) is 27.9 Å². The summed E-state index contributed by atoms with van der Waals surface area (Å²) < 4.78 is 34.3. The third-order valence-electron chi connectivity index (χ3n) is 11.8. The molecule has 1 aliphatic rings. The van der Waals surface area contributed by atoms with E-state index in [1.54, 1.807) is 0 Å². The second-order valence-electron chi connectivity index (χ2n) is 17.6. The van der Waals surface area contributed by atoms with E-state index in [0.29, 0.717) is 13.0 Å². The van der Waals surface area contributed by atoms with Gasteiger partial charge in [-0.05, 0) is 44.9 Å². The lowest BCUT2D eigenvalue weighted by atomic mass is 9.85. The van der Waals surface area contributed by atoms with E-state index in [0.717, 1.165) is 70.6 Å². The van der Waals surface area contributed by atoms with E-state index in [-0.39, 0.29) is 13.0 Å². The van der Waals surface area contributed by atoms with Crippen LogP contribution in [0.1, 0.15) is 213 Å². The molecule has 1 fully saturated rings. The first kappa shape index (κ1) is 59.6. The summed E-state index contributed by atoms with van der Waals surface area (Å²) in [5, 5.41) is 50.3. The van der Waals surface area contributed by atoms with Crippen molar-refractivity contribution < 1.29 is 58.3 Å². The molecule has 6 atom stereocenters. The summed E-state index contributed by atoms with van der Waals surface area (Å²) in [6.07, 6.45) is 36.4. The number of phosphoric acid groups is 1. The first-order valence-electron chi connectivity index (χ1n) is 25.3. The highest BCUT2D eigenvalue weighted by molar-refractivity contribution is 7.47. The topological polar surface area (TPSA) is 192 Å². The Balaban J connectivity index is 2.35. The molecule has 12 nitrogen and oxygen atoms in total. The second kappa shape index (κ2) is 40.8. The molecular weight excluding hydrogens is 824 g/mol. The largest absolute Gasteiger partial charge is 0.472 e. The average molecular weight is 917 g/mol. The van der Waals surface area contributed by atoms with Gasteiger partial charge in [-0.2, -0.15) is 0 Å². The molecule has 6 unspecified atom stereocenters. The van der Waals surface area contributed by atoms with Gasteiger partial charge in [0.05, 0.1) is 13.2 Å².